The van der Waals surface area contributed by atoms with E-state index >= 15 is 0 Å². The van der Waals surface area contributed by atoms with Crippen LogP contribution >= 0.6 is 0 Å². The van der Waals surface area contributed by atoms with Crippen molar-refractivity contribution in [2.45, 2.75) is 25.4 Å². The zero-order chi connectivity index (χ0) is 11.9. The van der Waals surface area contributed by atoms with Crippen LogP contribution in [0.4, 0.5) is 0 Å². The first-order valence-corrected chi connectivity index (χ1v) is 2.32. The summed E-state index contributed by atoms with van der Waals surface area (Å²) < 4.78 is 43.1. The van der Waals surface area contributed by atoms with Gasteiger partial charge in [0.1, 0.15) is 0 Å². The molecule has 0 fully saturated rings. The molecule has 1 heterocycles. The van der Waals surface area contributed by atoms with E-state index < -0.39 is 25.4 Å². The lowest BCUT2D eigenvalue weighted by Gasteiger charge is -2.22. The SMILES string of the molecule is [2H]C([2H])([2H])C(N)(C1N=CON1)C([2H])([2H])[2H]. The monoisotopic (exact) mass is 135 g/mol. The van der Waals surface area contributed by atoms with Crippen LogP contribution in [0.15, 0.2) is 4.99 Å². The number of aliphatic imine (C=N–C) groups is 1. The molecule has 0 saturated heterocycles. The standard InChI is InChI=1S/C5H11N3O/c1-5(2,6)4-7-3-9-8-4/h3-4,8H,6H2,1-2H3/i1D3,2D3. The molecule has 0 bridgehead atoms. The van der Waals surface area contributed by atoms with Crippen molar-refractivity contribution in [1.82, 2.24) is 5.48 Å². The van der Waals surface area contributed by atoms with Gasteiger partial charge in [0.2, 0.25) is 0 Å². The fourth-order valence-corrected chi connectivity index (χ4v) is 0.427. The Morgan fingerprint density at radius 1 is 2.00 bits per heavy atom. The van der Waals surface area contributed by atoms with Gasteiger partial charge in [-0.1, -0.05) is 0 Å². The largest absolute Gasteiger partial charge is 0.395 e. The van der Waals surface area contributed by atoms with Gasteiger partial charge < -0.3 is 10.6 Å². The zero-order valence-corrected chi connectivity index (χ0v) is 4.59. The van der Waals surface area contributed by atoms with Gasteiger partial charge in [0.25, 0.3) is 0 Å². The number of rotatable bonds is 1. The number of nitrogens with zero attached hydrogens (tertiary/aromatic N) is 1. The summed E-state index contributed by atoms with van der Waals surface area (Å²) in [4.78, 5) is 8.01. The topological polar surface area (TPSA) is 59.6 Å². The normalized spacial score (nSPS) is 39.0. The van der Waals surface area contributed by atoms with Crippen molar-refractivity contribution in [2.24, 2.45) is 10.7 Å². The maximum Gasteiger partial charge on any atom is 0.198 e. The smallest absolute Gasteiger partial charge is 0.198 e. The lowest BCUT2D eigenvalue weighted by molar-refractivity contribution is 0.153. The van der Waals surface area contributed by atoms with Crippen LogP contribution in [-0.2, 0) is 4.84 Å². The summed E-state index contributed by atoms with van der Waals surface area (Å²) in [6.07, 6.45) is -0.401. The molecule has 9 heavy (non-hydrogen) atoms. The van der Waals surface area contributed by atoms with Crippen molar-refractivity contribution < 1.29 is 13.1 Å². The molecule has 0 aromatic carbocycles. The molecule has 3 N–H and O–H groups in total. The number of nitrogens with one attached hydrogen (secondary N) is 1. The van der Waals surface area contributed by atoms with E-state index in [9.17, 15) is 0 Å². The molecule has 0 aromatic rings. The van der Waals surface area contributed by atoms with Crippen LogP contribution in [0.3, 0.4) is 0 Å². The highest BCUT2D eigenvalue weighted by Crippen LogP contribution is 2.07. The van der Waals surface area contributed by atoms with E-state index in [2.05, 4.69) is 15.3 Å². The fraction of sp³-hybridized carbons (Fsp3) is 0.800. The van der Waals surface area contributed by atoms with Gasteiger partial charge in [0.15, 0.2) is 12.6 Å². The quantitative estimate of drug-likeness (QED) is 0.515. The summed E-state index contributed by atoms with van der Waals surface area (Å²) >= 11 is 0. The van der Waals surface area contributed by atoms with Crippen molar-refractivity contribution in [2.75, 3.05) is 0 Å². The van der Waals surface area contributed by atoms with Crippen molar-refractivity contribution in [1.29, 1.82) is 0 Å². The van der Waals surface area contributed by atoms with Crippen LogP contribution < -0.4 is 11.2 Å². The molecule has 1 unspecified atom stereocenters. The molecule has 4 nitrogen and oxygen atoms in total. The minimum absolute atomic E-state index is 0.920. The van der Waals surface area contributed by atoms with Crippen molar-refractivity contribution in [3.05, 3.63) is 0 Å². The Hall–Kier alpha value is -0.610. The van der Waals surface area contributed by atoms with Crippen molar-refractivity contribution >= 4 is 6.40 Å². The Morgan fingerprint density at radius 3 is 3.22 bits per heavy atom. The van der Waals surface area contributed by atoms with Crippen LogP contribution in [0.25, 0.3) is 0 Å². The van der Waals surface area contributed by atoms with Crippen LogP contribution in [0, 0.1) is 0 Å². The van der Waals surface area contributed by atoms with E-state index in [-0.39, 0.29) is 0 Å². The molecule has 1 atom stereocenters. The molecular formula is C5H11N3O. The number of hydrogen-bond acceptors (Lipinski definition) is 4. The minimum Gasteiger partial charge on any atom is -0.395 e. The van der Waals surface area contributed by atoms with Gasteiger partial charge in [-0.2, -0.15) is 0 Å². The van der Waals surface area contributed by atoms with E-state index in [4.69, 9.17) is 14.0 Å². The van der Waals surface area contributed by atoms with Gasteiger partial charge in [-0.25, -0.2) is 4.99 Å². The summed E-state index contributed by atoms with van der Waals surface area (Å²) in [5, 5.41) is 0. The lowest BCUT2D eigenvalue weighted by atomic mass is 10.0. The molecule has 1 aliphatic rings. The second-order valence-corrected chi connectivity index (χ2v) is 1.76. The third-order valence-corrected chi connectivity index (χ3v) is 0.874. The highest BCUT2D eigenvalue weighted by atomic mass is 16.7. The first-order chi connectivity index (χ1) is 6.61. The summed E-state index contributed by atoms with van der Waals surface area (Å²) in [7, 11) is 0. The predicted molar refractivity (Wildman–Crippen MR) is 34.8 cm³/mol. The van der Waals surface area contributed by atoms with Gasteiger partial charge in [-0.15, -0.1) is 5.48 Å². The van der Waals surface area contributed by atoms with E-state index in [1.54, 1.807) is 0 Å². The highest BCUT2D eigenvalue weighted by Gasteiger charge is 2.26. The number of hydrogen-bond donors (Lipinski definition) is 2. The molecule has 0 amide bonds. The lowest BCUT2D eigenvalue weighted by Crippen LogP contribution is -2.49. The average molecular weight is 135 g/mol. The number of hydroxylamine groups is 1. The second kappa shape index (κ2) is 1.97. The van der Waals surface area contributed by atoms with E-state index in [0.717, 1.165) is 6.40 Å². The summed E-state index contributed by atoms with van der Waals surface area (Å²) in [5.74, 6) is 0. The van der Waals surface area contributed by atoms with E-state index in [1.165, 1.54) is 0 Å². The number of nitrogens with two attached hydrogens (primary N) is 1. The second-order valence-electron chi connectivity index (χ2n) is 1.76. The molecule has 0 saturated carbocycles. The van der Waals surface area contributed by atoms with E-state index in [1.807, 2.05) is 0 Å². The Bertz CT molecular complexity index is 257. The maximum atomic E-state index is 7.19. The third-order valence-electron chi connectivity index (χ3n) is 0.874. The van der Waals surface area contributed by atoms with Crippen molar-refractivity contribution in [3.63, 3.8) is 0 Å². The highest BCUT2D eigenvalue weighted by molar-refractivity contribution is 5.48. The summed E-state index contributed by atoms with van der Waals surface area (Å²) in [6, 6.07) is 0. The minimum atomic E-state index is -2.89. The van der Waals surface area contributed by atoms with Crippen LogP contribution in [0.2, 0.25) is 0 Å². The Morgan fingerprint density at radius 2 is 2.78 bits per heavy atom. The van der Waals surface area contributed by atoms with Crippen LogP contribution in [-0.4, -0.2) is 18.1 Å². The van der Waals surface area contributed by atoms with Gasteiger partial charge in [0.05, 0.1) is 0 Å². The Balaban J connectivity index is 3.13. The molecule has 0 aromatic heterocycles. The maximum absolute atomic E-state index is 7.19. The molecule has 0 aliphatic carbocycles. The molecular weight excluding hydrogens is 118 g/mol. The molecule has 1 aliphatic heterocycles. The first kappa shape index (κ1) is 2.21. The van der Waals surface area contributed by atoms with Crippen molar-refractivity contribution in [3.8, 4) is 0 Å². The Kier molecular flexibility index (Phi) is 0.483. The van der Waals surface area contributed by atoms with Gasteiger partial charge in [-0.3, -0.25) is 0 Å². The van der Waals surface area contributed by atoms with Crippen LogP contribution in [0.5, 0.6) is 0 Å². The zero-order valence-electron chi connectivity index (χ0n) is 10.6. The average Bonchev–Trinajstić information content (AvgIpc) is 2.49. The molecule has 52 valence electrons. The summed E-state index contributed by atoms with van der Waals surface area (Å²) in [6.45, 7) is -5.78. The van der Waals surface area contributed by atoms with Gasteiger partial charge in [0, 0.05) is 13.8 Å². The molecule has 4 heteroatoms. The molecule has 0 spiro atoms. The van der Waals surface area contributed by atoms with Crippen LogP contribution in [0.1, 0.15) is 21.9 Å². The third kappa shape index (κ3) is 1.40. The Labute approximate surface area is 62.5 Å². The predicted octanol–water partition coefficient (Wildman–Crippen LogP) is -0.387. The van der Waals surface area contributed by atoms with E-state index in [0.29, 0.717) is 0 Å². The fourth-order valence-electron chi connectivity index (χ4n) is 0.427. The molecule has 0 radical (unpaired) electrons. The van der Waals surface area contributed by atoms with Gasteiger partial charge >= 0.3 is 0 Å². The van der Waals surface area contributed by atoms with Gasteiger partial charge in [-0.05, 0) is 13.7 Å². The summed E-state index contributed by atoms with van der Waals surface area (Å²) in [5.41, 5.74) is 5.14. The first-order valence-electron chi connectivity index (χ1n) is 5.32. The molecule has 1 rings (SSSR count).